The predicted molar refractivity (Wildman–Crippen MR) is 110 cm³/mol. The Morgan fingerprint density at radius 1 is 0.862 bits per heavy atom. The summed E-state index contributed by atoms with van der Waals surface area (Å²) in [5.41, 5.74) is 2.99. The zero-order chi connectivity index (χ0) is 20.1. The molecule has 6 nitrogen and oxygen atoms in total. The van der Waals surface area contributed by atoms with Gasteiger partial charge in [-0.15, -0.1) is 0 Å². The van der Waals surface area contributed by atoms with Crippen LogP contribution in [-0.4, -0.2) is 28.3 Å². The van der Waals surface area contributed by atoms with Gasteiger partial charge >= 0.3 is 0 Å². The van der Waals surface area contributed by atoms with Gasteiger partial charge in [0.15, 0.2) is 12.4 Å². The summed E-state index contributed by atoms with van der Waals surface area (Å²) in [6, 6.07) is 23.5. The summed E-state index contributed by atoms with van der Waals surface area (Å²) in [6.45, 7) is 0.174. The highest BCUT2D eigenvalue weighted by molar-refractivity contribution is 6.09. The molecule has 29 heavy (non-hydrogen) atoms. The van der Waals surface area contributed by atoms with Crippen LogP contribution in [0.4, 0.5) is 0 Å². The number of nitrogens with one attached hydrogen (secondary N) is 2. The molecule has 0 aliphatic rings. The molecule has 0 atom stereocenters. The number of para-hydroxylation sites is 2. The van der Waals surface area contributed by atoms with Crippen molar-refractivity contribution in [1.82, 2.24) is 15.3 Å². The van der Waals surface area contributed by atoms with E-state index in [0.717, 1.165) is 11.0 Å². The van der Waals surface area contributed by atoms with Crippen LogP contribution < -0.4 is 10.1 Å². The Morgan fingerprint density at radius 3 is 2.31 bits per heavy atom. The van der Waals surface area contributed by atoms with E-state index in [1.807, 2.05) is 42.5 Å². The van der Waals surface area contributed by atoms with Gasteiger partial charge in [-0.1, -0.05) is 42.5 Å². The number of fused-ring (bicyclic) bond motifs is 1. The fourth-order valence-corrected chi connectivity index (χ4v) is 2.93. The molecule has 0 saturated heterocycles. The molecule has 0 spiro atoms. The van der Waals surface area contributed by atoms with Crippen molar-refractivity contribution in [2.24, 2.45) is 0 Å². The first-order valence-corrected chi connectivity index (χ1v) is 9.22. The third-order valence-corrected chi connectivity index (χ3v) is 4.41. The van der Waals surface area contributed by atoms with E-state index in [1.165, 1.54) is 0 Å². The van der Waals surface area contributed by atoms with Crippen LogP contribution in [-0.2, 0) is 11.3 Å². The molecular formula is C23H19N3O3. The molecule has 4 aromatic rings. The quantitative estimate of drug-likeness (QED) is 0.477. The van der Waals surface area contributed by atoms with E-state index in [4.69, 9.17) is 4.74 Å². The molecule has 144 valence electrons. The second-order valence-electron chi connectivity index (χ2n) is 6.49. The second-order valence-corrected chi connectivity index (χ2v) is 6.49. The summed E-state index contributed by atoms with van der Waals surface area (Å²) in [5.74, 6) is 0.896. The number of aromatic nitrogens is 2. The number of ether oxygens (including phenoxy) is 1. The van der Waals surface area contributed by atoms with Crippen LogP contribution in [0.2, 0.25) is 0 Å². The lowest BCUT2D eigenvalue weighted by atomic mass is 10.0. The Labute approximate surface area is 167 Å². The van der Waals surface area contributed by atoms with E-state index < -0.39 is 0 Å². The summed E-state index contributed by atoms with van der Waals surface area (Å²) >= 11 is 0. The average Bonchev–Trinajstić information content (AvgIpc) is 3.20. The summed E-state index contributed by atoms with van der Waals surface area (Å²) in [4.78, 5) is 32.0. The van der Waals surface area contributed by atoms with Crippen molar-refractivity contribution in [3.63, 3.8) is 0 Å². The fraction of sp³-hybridized carbons (Fsp3) is 0.0870. The Kier molecular flexibility index (Phi) is 5.33. The first kappa shape index (κ1) is 18.4. The van der Waals surface area contributed by atoms with E-state index in [1.54, 1.807) is 36.4 Å². The maximum Gasteiger partial charge on any atom is 0.258 e. The highest BCUT2D eigenvalue weighted by Gasteiger charge is 2.09. The molecule has 0 bridgehead atoms. The lowest BCUT2D eigenvalue weighted by Gasteiger charge is -2.07. The van der Waals surface area contributed by atoms with Crippen LogP contribution in [0.3, 0.4) is 0 Å². The molecule has 0 aliphatic heterocycles. The lowest BCUT2D eigenvalue weighted by molar-refractivity contribution is -0.123. The Bertz CT molecular complexity index is 1100. The fourth-order valence-electron chi connectivity index (χ4n) is 2.93. The van der Waals surface area contributed by atoms with Crippen molar-refractivity contribution in [2.75, 3.05) is 6.61 Å². The Balaban J connectivity index is 1.28. The van der Waals surface area contributed by atoms with Gasteiger partial charge in [0, 0.05) is 11.1 Å². The molecule has 3 aromatic carbocycles. The molecule has 0 fully saturated rings. The number of rotatable bonds is 7. The molecule has 1 heterocycles. The normalized spacial score (nSPS) is 10.6. The van der Waals surface area contributed by atoms with Crippen LogP contribution in [0.15, 0.2) is 78.9 Å². The van der Waals surface area contributed by atoms with E-state index in [0.29, 0.717) is 29.2 Å². The number of hydrogen-bond acceptors (Lipinski definition) is 4. The molecule has 0 aliphatic carbocycles. The van der Waals surface area contributed by atoms with Crippen molar-refractivity contribution in [3.8, 4) is 5.75 Å². The first-order chi connectivity index (χ1) is 14.2. The predicted octanol–water partition coefficient (Wildman–Crippen LogP) is 3.49. The van der Waals surface area contributed by atoms with Crippen molar-refractivity contribution < 1.29 is 14.3 Å². The number of carbonyl (C=O) groups excluding carboxylic acids is 2. The van der Waals surface area contributed by atoms with E-state index in [-0.39, 0.29) is 18.3 Å². The van der Waals surface area contributed by atoms with Gasteiger partial charge in [0.1, 0.15) is 11.6 Å². The van der Waals surface area contributed by atoms with Gasteiger partial charge in [0.25, 0.3) is 5.91 Å². The van der Waals surface area contributed by atoms with Crippen molar-refractivity contribution in [3.05, 3.63) is 95.8 Å². The van der Waals surface area contributed by atoms with Crippen LogP contribution in [0.1, 0.15) is 21.7 Å². The summed E-state index contributed by atoms with van der Waals surface area (Å²) in [7, 11) is 0. The van der Waals surface area contributed by atoms with E-state index in [2.05, 4.69) is 15.3 Å². The topological polar surface area (TPSA) is 84.1 Å². The number of ketones is 1. The van der Waals surface area contributed by atoms with Gasteiger partial charge in [-0.3, -0.25) is 9.59 Å². The Morgan fingerprint density at radius 2 is 1.55 bits per heavy atom. The maximum atomic E-state index is 12.4. The minimum Gasteiger partial charge on any atom is -0.484 e. The molecule has 0 unspecified atom stereocenters. The summed E-state index contributed by atoms with van der Waals surface area (Å²) in [5, 5.41) is 2.77. The number of hydrogen-bond donors (Lipinski definition) is 2. The minimum absolute atomic E-state index is 0.0549. The van der Waals surface area contributed by atoms with Crippen LogP contribution >= 0.6 is 0 Å². The van der Waals surface area contributed by atoms with Crippen molar-refractivity contribution >= 4 is 22.7 Å². The smallest absolute Gasteiger partial charge is 0.258 e. The van der Waals surface area contributed by atoms with Gasteiger partial charge in [-0.2, -0.15) is 0 Å². The van der Waals surface area contributed by atoms with Gasteiger partial charge in [-0.25, -0.2) is 4.98 Å². The van der Waals surface area contributed by atoms with Crippen LogP contribution in [0.25, 0.3) is 11.0 Å². The van der Waals surface area contributed by atoms with E-state index in [9.17, 15) is 9.59 Å². The number of benzene rings is 3. The maximum absolute atomic E-state index is 12.4. The average molecular weight is 385 g/mol. The highest BCUT2D eigenvalue weighted by Crippen LogP contribution is 2.15. The number of nitrogens with zero attached hydrogens (tertiary/aromatic N) is 1. The summed E-state index contributed by atoms with van der Waals surface area (Å²) < 4.78 is 5.50. The lowest BCUT2D eigenvalue weighted by Crippen LogP contribution is -2.28. The molecule has 4 rings (SSSR count). The minimum atomic E-state index is -0.255. The number of imidazole rings is 1. The number of H-pyrrole nitrogens is 1. The molecule has 2 N–H and O–H groups in total. The molecule has 0 radical (unpaired) electrons. The Hall–Kier alpha value is -3.93. The first-order valence-electron chi connectivity index (χ1n) is 9.22. The number of amides is 1. The SMILES string of the molecule is O=C(COc1ccc(C(=O)c2ccccc2)cc1)NCc1nc2ccccc2[nH]1. The third kappa shape index (κ3) is 4.50. The molecule has 1 aromatic heterocycles. The number of carbonyl (C=O) groups is 2. The van der Waals surface area contributed by atoms with Crippen molar-refractivity contribution in [2.45, 2.75) is 6.54 Å². The molecule has 6 heteroatoms. The van der Waals surface area contributed by atoms with E-state index >= 15 is 0 Å². The number of aromatic amines is 1. The zero-order valence-electron chi connectivity index (χ0n) is 15.6. The molecule has 1 amide bonds. The monoisotopic (exact) mass is 385 g/mol. The zero-order valence-corrected chi connectivity index (χ0v) is 15.6. The van der Waals surface area contributed by atoms with Gasteiger partial charge in [0.05, 0.1) is 17.6 Å². The largest absolute Gasteiger partial charge is 0.484 e. The van der Waals surface area contributed by atoms with Gasteiger partial charge < -0.3 is 15.0 Å². The van der Waals surface area contributed by atoms with Crippen molar-refractivity contribution in [1.29, 1.82) is 0 Å². The van der Waals surface area contributed by atoms with Gasteiger partial charge in [-0.05, 0) is 36.4 Å². The molecule has 0 saturated carbocycles. The van der Waals surface area contributed by atoms with Crippen LogP contribution in [0, 0.1) is 0 Å². The standard InChI is InChI=1S/C23H19N3O3/c27-22(24-14-21-25-19-8-4-5-9-20(19)26-21)15-29-18-12-10-17(11-13-18)23(28)16-6-2-1-3-7-16/h1-13H,14-15H2,(H,24,27)(H,25,26). The summed E-state index contributed by atoms with van der Waals surface area (Å²) in [6.07, 6.45) is 0. The third-order valence-electron chi connectivity index (χ3n) is 4.41. The van der Waals surface area contributed by atoms with Gasteiger partial charge in [0.2, 0.25) is 0 Å². The molecular weight excluding hydrogens is 366 g/mol. The highest BCUT2D eigenvalue weighted by atomic mass is 16.5. The second kappa shape index (κ2) is 8.39. The van der Waals surface area contributed by atoms with Crippen LogP contribution in [0.5, 0.6) is 5.75 Å².